The van der Waals surface area contributed by atoms with E-state index in [1.807, 2.05) is 6.07 Å². The first-order valence-electron chi connectivity index (χ1n) is 4.99. The minimum Gasteiger partial charge on any atom is -0.358 e. The molecule has 0 atom stereocenters. The zero-order chi connectivity index (χ0) is 9.54. The number of benzene rings is 1. The van der Waals surface area contributed by atoms with Crippen molar-refractivity contribution in [3.8, 4) is 0 Å². The standard InChI is InChI=1S/C12H11NS/c14-12-8-4-1-2-6-10(8)13-11-7-3-5-9(11)12/h1-2,4,6H,3,5,7H2,(H,13,14). The maximum Gasteiger partial charge on any atom is 0.0519 e. The summed E-state index contributed by atoms with van der Waals surface area (Å²) < 4.78 is 1.06. The lowest BCUT2D eigenvalue weighted by atomic mass is 10.1. The molecule has 0 spiro atoms. The number of pyridine rings is 1. The first-order chi connectivity index (χ1) is 6.86. The van der Waals surface area contributed by atoms with Crippen molar-refractivity contribution in [2.45, 2.75) is 19.3 Å². The fraction of sp³-hybridized carbons (Fsp3) is 0.250. The minimum absolute atomic E-state index is 1.06. The molecule has 1 heterocycles. The summed E-state index contributed by atoms with van der Waals surface area (Å²) in [6, 6.07) is 8.30. The summed E-state index contributed by atoms with van der Waals surface area (Å²) >= 11 is 5.50. The molecule has 0 fully saturated rings. The zero-order valence-electron chi connectivity index (χ0n) is 7.84. The van der Waals surface area contributed by atoms with Crippen molar-refractivity contribution >= 4 is 23.1 Å². The average Bonchev–Trinajstić information content (AvgIpc) is 2.66. The fourth-order valence-corrected chi connectivity index (χ4v) is 2.65. The molecule has 3 rings (SSSR count). The van der Waals surface area contributed by atoms with Crippen LogP contribution >= 0.6 is 12.2 Å². The van der Waals surface area contributed by atoms with Crippen LogP contribution in [-0.2, 0) is 12.8 Å². The number of aryl methyl sites for hydroxylation is 1. The quantitative estimate of drug-likeness (QED) is 0.646. The van der Waals surface area contributed by atoms with E-state index in [9.17, 15) is 0 Å². The number of para-hydroxylation sites is 1. The third kappa shape index (κ3) is 1.04. The molecule has 2 aromatic rings. The maximum absolute atomic E-state index is 5.50. The molecule has 1 nitrogen and oxygen atoms in total. The summed E-state index contributed by atoms with van der Waals surface area (Å²) in [6.07, 6.45) is 3.55. The maximum atomic E-state index is 5.50. The van der Waals surface area contributed by atoms with Crippen molar-refractivity contribution in [2.24, 2.45) is 0 Å². The smallest absolute Gasteiger partial charge is 0.0519 e. The van der Waals surface area contributed by atoms with Crippen LogP contribution in [0.15, 0.2) is 24.3 Å². The Hall–Kier alpha value is -1.15. The molecule has 70 valence electrons. The summed E-state index contributed by atoms with van der Waals surface area (Å²) in [5.74, 6) is 0. The van der Waals surface area contributed by atoms with Gasteiger partial charge >= 0.3 is 0 Å². The van der Waals surface area contributed by atoms with Gasteiger partial charge in [-0.3, -0.25) is 0 Å². The molecule has 0 radical (unpaired) electrons. The largest absolute Gasteiger partial charge is 0.358 e. The Morgan fingerprint density at radius 2 is 2.00 bits per heavy atom. The molecule has 0 saturated heterocycles. The summed E-state index contributed by atoms with van der Waals surface area (Å²) in [4.78, 5) is 3.48. The molecule has 0 amide bonds. The van der Waals surface area contributed by atoms with E-state index in [1.165, 1.54) is 28.6 Å². The van der Waals surface area contributed by atoms with Crippen molar-refractivity contribution in [3.05, 3.63) is 40.0 Å². The van der Waals surface area contributed by atoms with Crippen molar-refractivity contribution in [3.63, 3.8) is 0 Å². The molecule has 1 aliphatic carbocycles. The van der Waals surface area contributed by atoms with Gasteiger partial charge in [-0.05, 0) is 30.9 Å². The van der Waals surface area contributed by atoms with Crippen molar-refractivity contribution < 1.29 is 0 Å². The number of aromatic nitrogens is 1. The van der Waals surface area contributed by atoms with Crippen LogP contribution in [-0.4, -0.2) is 4.98 Å². The Balaban J connectivity index is 2.50. The number of H-pyrrole nitrogens is 1. The minimum atomic E-state index is 1.06. The molecule has 0 saturated carbocycles. The molecule has 2 heteroatoms. The highest BCUT2D eigenvalue weighted by Crippen LogP contribution is 2.26. The molecule has 1 N–H and O–H groups in total. The van der Waals surface area contributed by atoms with Crippen molar-refractivity contribution in [1.29, 1.82) is 0 Å². The van der Waals surface area contributed by atoms with E-state index in [2.05, 4.69) is 23.2 Å². The van der Waals surface area contributed by atoms with E-state index in [-0.39, 0.29) is 0 Å². The summed E-state index contributed by atoms with van der Waals surface area (Å²) in [7, 11) is 0. The predicted molar refractivity (Wildman–Crippen MR) is 61.2 cm³/mol. The van der Waals surface area contributed by atoms with Gasteiger partial charge in [0.15, 0.2) is 0 Å². The molecule has 1 aromatic heterocycles. The summed E-state index contributed by atoms with van der Waals surface area (Å²) in [5.41, 5.74) is 3.91. The van der Waals surface area contributed by atoms with Gasteiger partial charge in [0.25, 0.3) is 0 Å². The number of rotatable bonds is 0. The van der Waals surface area contributed by atoms with Crippen LogP contribution in [0.3, 0.4) is 0 Å². The van der Waals surface area contributed by atoms with E-state index in [0.717, 1.165) is 17.4 Å². The van der Waals surface area contributed by atoms with Crippen molar-refractivity contribution in [2.75, 3.05) is 0 Å². The van der Waals surface area contributed by atoms with E-state index in [1.54, 1.807) is 0 Å². The Bertz CT molecular complexity index is 554. The van der Waals surface area contributed by atoms with Crippen LogP contribution in [0, 0.1) is 4.51 Å². The van der Waals surface area contributed by atoms with Crippen LogP contribution in [0.5, 0.6) is 0 Å². The van der Waals surface area contributed by atoms with Crippen LogP contribution in [0.4, 0.5) is 0 Å². The molecule has 0 unspecified atom stereocenters. The van der Waals surface area contributed by atoms with E-state index in [0.29, 0.717) is 0 Å². The predicted octanol–water partition coefficient (Wildman–Crippen LogP) is 3.39. The van der Waals surface area contributed by atoms with E-state index in [4.69, 9.17) is 12.2 Å². The molecule has 1 aliphatic rings. The monoisotopic (exact) mass is 201 g/mol. The number of fused-ring (bicyclic) bond motifs is 2. The Morgan fingerprint density at radius 1 is 1.14 bits per heavy atom. The lowest BCUT2D eigenvalue weighted by Crippen LogP contribution is -1.90. The van der Waals surface area contributed by atoms with Crippen LogP contribution in [0.2, 0.25) is 0 Å². The van der Waals surface area contributed by atoms with Crippen LogP contribution in [0.25, 0.3) is 10.9 Å². The van der Waals surface area contributed by atoms with E-state index >= 15 is 0 Å². The second-order valence-corrected chi connectivity index (χ2v) is 4.22. The van der Waals surface area contributed by atoms with Crippen LogP contribution < -0.4 is 0 Å². The molecule has 0 aliphatic heterocycles. The van der Waals surface area contributed by atoms with Gasteiger partial charge in [0.1, 0.15) is 0 Å². The van der Waals surface area contributed by atoms with Crippen LogP contribution in [0.1, 0.15) is 17.7 Å². The van der Waals surface area contributed by atoms with Gasteiger partial charge in [-0.1, -0.05) is 30.4 Å². The van der Waals surface area contributed by atoms with Crippen molar-refractivity contribution in [1.82, 2.24) is 4.98 Å². The second kappa shape index (κ2) is 2.92. The molecule has 0 bridgehead atoms. The zero-order valence-corrected chi connectivity index (χ0v) is 8.66. The van der Waals surface area contributed by atoms with Gasteiger partial charge in [-0.15, -0.1) is 0 Å². The Labute approximate surface area is 87.8 Å². The molecule has 1 aromatic carbocycles. The van der Waals surface area contributed by atoms with Gasteiger partial charge in [0.05, 0.1) is 4.51 Å². The highest BCUT2D eigenvalue weighted by atomic mass is 32.1. The first kappa shape index (κ1) is 8.18. The Kier molecular flexibility index (Phi) is 1.71. The number of aromatic amines is 1. The third-order valence-electron chi connectivity index (χ3n) is 2.95. The molecule has 14 heavy (non-hydrogen) atoms. The van der Waals surface area contributed by atoms with Gasteiger partial charge in [0.2, 0.25) is 0 Å². The number of hydrogen-bond acceptors (Lipinski definition) is 1. The highest BCUT2D eigenvalue weighted by Gasteiger charge is 2.14. The topological polar surface area (TPSA) is 15.8 Å². The Morgan fingerprint density at radius 3 is 2.93 bits per heavy atom. The average molecular weight is 201 g/mol. The second-order valence-electron chi connectivity index (χ2n) is 3.81. The number of nitrogens with one attached hydrogen (secondary N) is 1. The lowest BCUT2D eigenvalue weighted by molar-refractivity contribution is 0.901. The molecular weight excluding hydrogens is 190 g/mol. The van der Waals surface area contributed by atoms with Gasteiger partial charge in [-0.25, -0.2) is 0 Å². The third-order valence-corrected chi connectivity index (χ3v) is 3.42. The summed E-state index contributed by atoms with van der Waals surface area (Å²) in [6.45, 7) is 0. The first-order valence-corrected chi connectivity index (χ1v) is 5.40. The number of hydrogen-bond donors (Lipinski definition) is 1. The fourth-order valence-electron chi connectivity index (χ4n) is 2.25. The SMILES string of the molecule is S=c1c2c([nH]c3ccccc13)CCC2. The normalized spacial score (nSPS) is 14.6. The summed E-state index contributed by atoms with van der Waals surface area (Å²) in [5, 5.41) is 1.20. The van der Waals surface area contributed by atoms with E-state index < -0.39 is 0 Å². The van der Waals surface area contributed by atoms with Gasteiger partial charge in [-0.2, -0.15) is 0 Å². The molecular formula is C12H11NS. The highest BCUT2D eigenvalue weighted by molar-refractivity contribution is 7.71. The lowest BCUT2D eigenvalue weighted by Gasteiger charge is -2.04. The van der Waals surface area contributed by atoms with Gasteiger partial charge in [0, 0.05) is 16.6 Å². The van der Waals surface area contributed by atoms with Gasteiger partial charge < -0.3 is 4.98 Å².